The van der Waals surface area contributed by atoms with Crippen LogP contribution < -0.4 is 15.5 Å². The molecule has 4 rings (SSSR count). The van der Waals surface area contributed by atoms with Gasteiger partial charge in [0.15, 0.2) is 5.11 Å². The van der Waals surface area contributed by atoms with Crippen molar-refractivity contribution in [2.45, 2.75) is 45.4 Å². The lowest BCUT2D eigenvalue weighted by molar-refractivity contribution is 0.227. The number of nitrogens with zero attached hydrogens (tertiary/aromatic N) is 3. The van der Waals surface area contributed by atoms with Gasteiger partial charge in [-0.25, -0.2) is 4.98 Å². The lowest BCUT2D eigenvalue weighted by Crippen LogP contribution is -2.34. The highest BCUT2D eigenvalue weighted by atomic mass is 32.1. The summed E-state index contributed by atoms with van der Waals surface area (Å²) in [5, 5.41) is 8.57. The topological polar surface area (TPSA) is 43.4 Å². The van der Waals surface area contributed by atoms with Crippen molar-refractivity contribution in [3.8, 4) is 0 Å². The molecule has 0 unspecified atom stereocenters. The van der Waals surface area contributed by atoms with E-state index in [1.54, 1.807) is 0 Å². The van der Waals surface area contributed by atoms with Crippen LogP contribution in [-0.4, -0.2) is 54.3 Å². The number of anilines is 2. The predicted octanol–water partition coefficient (Wildman–Crippen LogP) is 4.31. The molecule has 2 aliphatic heterocycles. The third-order valence-electron chi connectivity index (χ3n) is 6.08. The minimum absolute atomic E-state index is 0.697. The SMILES string of the molecule is Cc1cc(N2CCCC2)nc2ccc(NC(=S)NCCCN3CCCCC3)cc12. The fraction of sp³-hybridized carbons (Fsp3) is 0.565. The van der Waals surface area contributed by atoms with Gasteiger partial charge in [-0.3, -0.25) is 0 Å². The lowest BCUT2D eigenvalue weighted by atomic mass is 10.1. The predicted molar refractivity (Wildman–Crippen MR) is 127 cm³/mol. The average molecular weight is 412 g/mol. The Hall–Kier alpha value is -1.92. The van der Waals surface area contributed by atoms with Crippen molar-refractivity contribution in [1.29, 1.82) is 0 Å². The van der Waals surface area contributed by atoms with E-state index in [9.17, 15) is 0 Å². The van der Waals surface area contributed by atoms with Crippen LogP contribution in [0.25, 0.3) is 10.9 Å². The highest BCUT2D eigenvalue weighted by Crippen LogP contribution is 2.27. The van der Waals surface area contributed by atoms with Gasteiger partial charge in [-0.2, -0.15) is 0 Å². The van der Waals surface area contributed by atoms with E-state index in [0.717, 1.165) is 49.6 Å². The third kappa shape index (κ3) is 5.37. The number of thiocarbonyl (C=S) groups is 1. The second-order valence-corrected chi connectivity index (χ2v) is 8.77. The molecule has 0 radical (unpaired) electrons. The van der Waals surface area contributed by atoms with E-state index < -0.39 is 0 Å². The van der Waals surface area contributed by atoms with Gasteiger partial charge in [0.05, 0.1) is 5.52 Å². The Balaban J connectivity index is 1.31. The summed E-state index contributed by atoms with van der Waals surface area (Å²) >= 11 is 5.50. The number of hydrogen-bond acceptors (Lipinski definition) is 4. The molecule has 0 atom stereocenters. The van der Waals surface area contributed by atoms with Crippen LogP contribution >= 0.6 is 12.2 Å². The summed E-state index contributed by atoms with van der Waals surface area (Å²) in [6, 6.07) is 8.55. The Morgan fingerprint density at radius 2 is 1.79 bits per heavy atom. The van der Waals surface area contributed by atoms with Crippen LogP contribution in [0.15, 0.2) is 24.3 Å². The number of nitrogens with one attached hydrogen (secondary N) is 2. The quantitative estimate of drug-likeness (QED) is 0.546. The molecular weight excluding hydrogens is 378 g/mol. The minimum atomic E-state index is 0.697. The van der Waals surface area contributed by atoms with E-state index in [-0.39, 0.29) is 0 Å². The van der Waals surface area contributed by atoms with E-state index in [1.165, 1.54) is 56.1 Å². The van der Waals surface area contributed by atoms with Gasteiger partial charge >= 0.3 is 0 Å². The van der Waals surface area contributed by atoms with Crippen LogP contribution in [0, 0.1) is 6.92 Å². The molecule has 3 heterocycles. The monoisotopic (exact) mass is 411 g/mol. The molecule has 0 aliphatic carbocycles. The molecule has 1 aromatic heterocycles. The summed E-state index contributed by atoms with van der Waals surface area (Å²) < 4.78 is 0. The van der Waals surface area contributed by atoms with Crippen LogP contribution in [0.1, 0.15) is 44.1 Å². The number of likely N-dealkylation sites (tertiary alicyclic amines) is 1. The Kier molecular flexibility index (Phi) is 6.82. The van der Waals surface area contributed by atoms with Crippen LogP contribution in [0.2, 0.25) is 0 Å². The highest BCUT2D eigenvalue weighted by molar-refractivity contribution is 7.80. The average Bonchev–Trinajstić information content (AvgIpc) is 3.27. The van der Waals surface area contributed by atoms with E-state index in [1.807, 2.05) is 0 Å². The molecule has 2 N–H and O–H groups in total. The third-order valence-corrected chi connectivity index (χ3v) is 6.32. The second-order valence-electron chi connectivity index (χ2n) is 8.36. The number of hydrogen-bond donors (Lipinski definition) is 2. The maximum atomic E-state index is 5.50. The Labute approximate surface area is 179 Å². The molecule has 6 heteroatoms. The van der Waals surface area contributed by atoms with E-state index in [2.05, 4.69) is 51.6 Å². The first-order valence-electron chi connectivity index (χ1n) is 11.1. The van der Waals surface area contributed by atoms with Gasteiger partial charge < -0.3 is 20.4 Å². The summed E-state index contributed by atoms with van der Waals surface area (Å²) in [7, 11) is 0. The summed E-state index contributed by atoms with van der Waals surface area (Å²) in [6.07, 6.45) is 7.76. The molecule has 2 aliphatic rings. The van der Waals surface area contributed by atoms with Crippen molar-refractivity contribution < 1.29 is 0 Å². The van der Waals surface area contributed by atoms with Gasteiger partial charge in [0.2, 0.25) is 0 Å². The molecule has 0 bridgehead atoms. The van der Waals surface area contributed by atoms with Crippen molar-refractivity contribution in [2.75, 3.05) is 49.5 Å². The zero-order valence-corrected chi connectivity index (χ0v) is 18.4. The second kappa shape index (κ2) is 9.72. The molecule has 2 saturated heterocycles. The largest absolute Gasteiger partial charge is 0.362 e. The first-order chi connectivity index (χ1) is 14.2. The molecule has 0 saturated carbocycles. The summed E-state index contributed by atoms with van der Waals surface area (Å²) in [5.74, 6) is 1.11. The number of aromatic nitrogens is 1. The number of fused-ring (bicyclic) bond motifs is 1. The molecule has 0 amide bonds. The standard InChI is InChI=1S/C23H33N5S/c1-18-16-22(28-14-5-6-15-28)26-21-9-8-19(17-20(18)21)25-23(29)24-10-7-13-27-11-3-2-4-12-27/h8-9,16-17H,2-7,10-15H2,1H3,(H2,24,25,29). The molecule has 2 aromatic rings. The summed E-state index contributed by atoms with van der Waals surface area (Å²) in [4.78, 5) is 9.85. The number of piperidine rings is 1. The van der Waals surface area contributed by atoms with Gasteiger partial charge in [-0.1, -0.05) is 6.42 Å². The molecule has 1 aromatic carbocycles. The number of benzene rings is 1. The van der Waals surface area contributed by atoms with Crippen LogP contribution in [0.5, 0.6) is 0 Å². The fourth-order valence-corrected chi connectivity index (χ4v) is 4.65. The van der Waals surface area contributed by atoms with E-state index in [4.69, 9.17) is 17.2 Å². The van der Waals surface area contributed by atoms with Gasteiger partial charge in [-0.15, -0.1) is 0 Å². The lowest BCUT2D eigenvalue weighted by Gasteiger charge is -2.26. The van der Waals surface area contributed by atoms with Crippen molar-refractivity contribution in [2.24, 2.45) is 0 Å². The van der Waals surface area contributed by atoms with Gasteiger partial charge in [0.25, 0.3) is 0 Å². The Morgan fingerprint density at radius 1 is 1.03 bits per heavy atom. The highest BCUT2D eigenvalue weighted by Gasteiger charge is 2.15. The Morgan fingerprint density at radius 3 is 2.59 bits per heavy atom. The normalized spacial score (nSPS) is 17.6. The number of pyridine rings is 1. The molecule has 2 fully saturated rings. The fourth-order valence-electron chi connectivity index (χ4n) is 4.43. The van der Waals surface area contributed by atoms with Crippen LogP contribution in [-0.2, 0) is 0 Å². The smallest absolute Gasteiger partial charge is 0.170 e. The summed E-state index contributed by atoms with van der Waals surface area (Å²) in [6.45, 7) is 9.00. The first kappa shape index (κ1) is 20.4. The van der Waals surface area contributed by atoms with Gasteiger partial charge in [0, 0.05) is 30.7 Å². The van der Waals surface area contributed by atoms with Crippen LogP contribution in [0.4, 0.5) is 11.5 Å². The van der Waals surface area contributed by atoms with Crippen molar-refractivity contribution >= 4 is 39.7 Å². The number of rotatable bonds is 6. The molecule has 0 spiro atoms. The van der Waals surface area contributed by atoms with Gasteiger partial charge in [-0.05, 0) is 101 Å². The van der Waals surface area contributed by atoms with E-state index in [0.29, 0.717) is 5.11 Å². The first-order valence-corrected chi connectivity index (χ1v) is 11.5. The maximum absolute atomic E-state index is 5.50. The van der Waals surface area contributed by atoms with Crippen LogP contribution in [0.3, 0.4) is 0 Å². The number of aryl methyl sites for hydroxylation is 1. The van der Waals surface area contributed by atoms with Crippen molar-refractivity contribution in [1.82, 2.24) is 15.2 Å². The zero-order valence-electron chi connectivity index (χ0n) is 17.5. The molecular formula is C23H33N5S. The van der Waals surface area contributed by atoms with Gasteiger partial charge in [0.1, 0.15) is 5.82 Å². The molecule has 156 valence electrons. The van der Waals surface area contributed by atoms with E-state index >= 15 is 0 Å². The zero-order chi connectivity index (χ0) is 20.1. The van der Waals surface area contributed by atoms with Crippen molar-refractivity contribution in [3.05, 3.63) is 29.8 Å². The maximum Gasteiger partial charge on any atom is 0.170 e. The Bertz CT molecular complexity index is 841. The molecule has 5 nitrogen and oxygen atoms in total. The minimum Gasteiger partial charge on any atom is -0.362 e. The molecule has 29 heavy (non-hydrogen) atoms. The summed E-state index contributed by atoms with van der Waals surface area (Å²) in [5.41, 5.74) is 3.34. The van der Waals surface area contributed by atoms with Crippen molar-refractivity contribution in [3.63, 3.8) is 0 Å².